The third-order valence-corrected chi connectivity index (χ3v) is 5.29. The standard InChI is InChI=1S/C22H21F10NO2/c1-18(2,16-9-15(23)4-5-17(16)35-3)11-19(34,22(30,31)32)33-10-12-6-13(20(24,25)26)8-14(7-12)21(27,28)29/h4-9,33-34H,10-11H2,1-3H3. The highest BCUT2D eigenvalue weighted by molar-refractivity contribution is 5.40. The lowest BCUT2D eigenvalue weighted by Gasteiger charge is -2.39. The molecule has 196 valence electrons. The summed E-state index contributed by atoms with van der Waals surface area (Å²) in [6, 6.07) is 3.39. The van der Waals surface area contributed by atoms with E-state index in [0.29, 0.717) is 0 Å². The lowest BCUT2D eigenvalue weighted by molar-refractivity contribution is -0.280. The molecule has 0 amide bonds. The van der Waals surface area contributed by atoms with Gasteiger partial charge in [-0.15, -0.1) is 0 Å². The lowest BCUT2D eigenvalue weighted by atomic mass is 9.77. The number of halogens is 10. The summed E-state index contributed by atoms with van der Waals surface area (Å²) in [6.07, 6.45) is -17.0. The lowest BCUT2D eigenvalue weighted by Crippen LogP contribution is -2.59. The molecule has 2 N–H and O–H groups in total. The Balaban J connectivity index is 2.46. The van der Waals surface area contributed by atoms with Gasteiger partial charge in [-0.05, 0) is 47.4 Å². The topological polar surface area (TPSA) is 41.5 Å². The van der Waals surface area contributed by atoms with E-state index in [1.807, 2.05) is 0 Å². The maximum atomic E-state index is 13.9. The molecule has 2 rings (SSSR count). The quantitative estimate of drug-likeness (QED) is 0.320. The smallest absolute Gasteiger partial charge is 0.431 e. The summed E-state index contributed by atoms with van der Waals surface area (Å²) in [6.45, 7) is 1.27. The SMILES string of the molecule is COc1ccc(F)cc1C(C)(C)CC(O)(NCc1cc(C(F)(F)F)cc(C(F)(F)F)c1)C(F)(F)F. The first-order valence-electron chi connectivity index (χ1n) is 9.86. The molecule has 0 saturated carbocycles. The zero-order valence-corrected chi connectivity index (χ0v) is 18.5. The number of benzene rings is 2. The summed E-state index contributed by atoms with van der Waals surface area (Å²) < 4.78 is 139. The van der Waals surface area contributed by atoms with E-state index < -0.39 is 65.1 Å². The van der Waals surface area contributed by atoms with Crippen LogP contribution in [0.2, 0.25) is 0 Å². The van der Waals surface area contributed by atoms with Crippen molar-refractivity contribution in [2.75, 3.05) is 7.11 Å². The second kappa shape index (κ2) is 9.49. The fraction of sp³-hybridized carbons (Fsp3) is 0.455. The first-order valence-corrected chi connectivity index (χ1v) is 9.86. The van der Waals surface area contributed by atoms with Gasteiger partial charge in [0.05, 0.1) is 18.2 Å². The fourth-order valence-corrected chi connectivity index (χ4v) is 3.58. The van der Waals surface area contributed by atoms with Crippen molar-refractivity contribution in [1.82, 2.24) is 5.32 Å². The van der Waals surface area contributed by atoms with Crippen molar-refractivity contribution in [3.63, 3.8) is 0 Å². The van der Waals surface area contributed by atoms with Crippen molar-refractivity contribution in [3.8, 4) is 5.75 Å². The molecule has 2 aromatic carbocycles. The third-order valence-electron chi connectivity index (χ3n) is 5.29. The molecular formula is C22H21F10NO2. The van der Waals surface area contributed by atoms with Crippen LogP contribution in [0.4, 0.5) is 43.9 Å². The Morgan fingerprint density at radius 1 is 0.829 bits per heavy atom. The van der Waals surface area contributed by atoms with Crippen molar-refractivity contribution in [3.05, 3.63) is 64.5 Å². The minimum absolute atomic E-state index is 0.00798. The molecule has 0 bridgehead atoms. The van der Waals surface area contributed by atoms with Crippen LogP contribution in [-0.2, 0) is 24.3 Å². The van der Waals surface area contributed by atoms with E-state index in [2.05, 4.69) is 0 Å². The zero-order valence-electron chi connectivity index (χ0n) is 18.5. The normalized spacial score (nSPS) is 15.1. The molecule has 0 aliphatic heterocycles. The number of alkyl halides is 9. The number of rotatable bonds is 7. The monoisotopic (exact) mass is 521 g/mol. The molecule has 0 spiro atoms. The maximum Gasteiger partial charge on any atom is 0.431 e. The van der Waals surface area contributed by atoms with Gasteiger partial charge < -0.3 is 9.84 Å². The molecule has 0 aromatic heterocycles. The molecular weight excluding hydrogens is 500 g/mol. The highest BCUT2D eigenvalue weighted by atomic mass is 19.4. The molecule has 1 unspecified atom stereocenters. The van der Waals surface area contributed by atoms with E-state index in [0.717, 1.165) is 18.2 Å². The van der Waals surface area contributed by atoms with Gasteiger partial charge in [-0.1, -0.05) is 13.8 Å². The van der Waals surface area contributed by atoms with E-state index in [-0.39, 0.29) is 29.5 Å². The average Bonchev–Trinajstić information content (AvgIpc) is 2.69. The first kappa shape index (κ1) is 28.7. The molecule has 35 heavy (non-hydrogen) atoms. The fourth-order valence-electron chi connectivity index (χ4n) is 3.58. The molecule has 0 aliphatic carbocycles. The van der Waals surface area contributed by atoms with Crippen LogP contribution in [0.1, 0.15) is 42.5 Å². The first-order chi connectivity index (χ1) is 15.7. The van der Waals surface area contributed by atoms with Crippen molar-refractivity contribution < 1.29 is 53.7 Å². The van der Waals surface area contributed by atoms with Crippen molar-refractivity contribution in [1.29, 1.82) is 0 Å². The Bertz CT molecular complexity index is 1010. The van der Waals surface area contributed by atoms with Gasteiger partial charge in [0, 0.05) is 18.5 Å². The average molecular weight is 521 g/mol. The molecule has 0 saturated heterocycles. The zero-order chi connectivity index (χ0) is 27.0. The van der Waals surface area contributed by atoms with Crippen LogP contribution >= 0.6 is 0 Å². The van der Waals surface area contributed by atoms with Crippen LogP contribution in [0.15, 0.2) is 36.4 Å². The Labute approximate surface area is 193 Å². The molecule has 1 atom stereocenters. The van der Waals surface area contributed by atoms with E-state index in [1.165, 1.54) is 21.0 Å². The summed E-state index contributed by atoms with van der Waals surface area (Å²) in [5.74, 6) is -0.797. The predicted octanol–water partition coefficient (Wildman–Crippen LogP) is 6.58. The van der Waals surface area contributed by atoms with Gasteiger partial charge in [0.15, 0.2) is 0 Å². The van der Waals surface area contributed by atoms with E-state index >= 15 is 0 Å². The highest BCUT2D eigenvalue weighted by Crippen LogP contribution is 2.43. The Morgan fingerprint density at radius 3 is 1.77 bits per heavy atom. The Hall–Kier alpha value is -2.54. The predicted molar refractivity (Wildman–Crippen MR) is 105 cm³/mol. The minimum Gasteiger partial charge on any atom is -0.496 e. The van der Waals surface area contributed by atoms with Crippen molar-refractivity contribution >= 4 is 0 Å². The second-order valence-corrected chi connectivity index (χ2v) is 8.53. The molecule has 0 heterocycles. The minimum atomic E-state index is -5.42. The summed E-state index contributed by atoms with van der Waals surface area (Å²) in [5, 5.41) is 12.1. The van der Waals surface area contributed by atoms with Crippen LogP contribution in [-0.4, -0.2) is 24.1 Å². The number of aliphatic hydroxyl groups is 1. The molecule has 0 radical (unpaired) electrons. The van der Waals surface area contributed by atoms with Gasteiger partial charge in [0.25, 0.3) is 0 Å². The summed E-state index contributed by atoms with van der Waals surface area (Å²) in [5.41, 5.74) is -9.69. The third kappa shape index (κ3) is 6.78. The van der Waals surface area contributed by atoms with Crippen LogP contribution in [0.25, 0.3) is 0 Å². The van der Waals surface area contributed by atoms with Gasteiger partial charge >= 0.3 is 18.5 Å². The van der Waals surface area contributed by atoms with Gasteiger partial charge in [0.1, 0.15) is 11.6 Å². The molecule has 0 aliphatic rings. The van der Waals surface area contributed by atoms with Crippen molar-refractivity contribution in [2.45, 2.75) is 56.5 Å². The number of hydrogen-bond donors (Lipinski definition) is 2. The molecule has 13 heteroatoms. The summed E-state index contributed by atoms with van der Waals surface area (Å²) in [7, 11) is 1.19. The van der Waals surface area contributed by atoms with E-state index in [9.17, 15) is 49.0 Å². The van der Waals surface area contributed by atoms with Crippen LogP contribution in [0.5, 0.6) is 5.75 Å². The molecule has 0 fully saturated rings. The van der Waals surface area contributed by atoms with Crippen LogP contribution < -0.4 is 10.1 Å². The van der Waals surface area contributed by atoms with Gasteiger partial charge in [-0.3, -0.25) is 5.32 Å². The maximum absolute atomic E-state index is 13.9. The number of methoxy groups -OCH3 is 1. The number of ether oxygens (including phenoxy) is 1. The molecule has 2 aromatic rings. The Morgan fingerprint density at radius 2 is 1.34 bits per heavy atom. The number of hydrogen-bond acceptors (Lipinski definition) is 3. The van der Waals surface area contributed by atoms with Gasteiger partial charge in [-0.2, -0.15) is 39.5 Å². The summed E-state index contributed by atoms with van der Waals surface area (Å²) in [4.78, 5) is 0. The van der Waals surface area contributed by atoms with E-state index in [1.54, 1.807) is 5.32 Å². The van der Waals surface area contributed by atoms with Gasteiger partial charge in [0.2, 0.25) is 5.72 Å². The Kier molecular flexibility index (Phi) is 7.78. The largest absolute Gasteiger partial charge is 0.496 e. The number of nitrogens with one attached hydrogen (secondary N) is 1. The van der Waals surface area contributed by atoms with Crippen molar-refractivity contribution in [2.24, 2.45) is 0 Å². The van der Waals surface area contributed by atoms with E-state index in [4.69, 9.17) is 4.74 Å². The highest BCUT2D eigenvalue weighted by Gasteiger charge is 2.56. The second-order valence-electron chi connectivity index (χ2n) is 8.53. The molecule has 3 nitrogen and oxygen atoms in total. The van der Waals surface area contributed by atoms with Gasteiger partial charge in [-0.25, -0.2) is 4.39 Å². The van der Waals surface area contributed by atoms with Crippen LogP contribution in [0.3, 0.4) is 0 Å². The van der Waals surface area contributed by atoms with Crippen LogP contribution in [0, 0.1) is 5.82 Å². The summed E-state index contributed by atoms with van der Waals surface area (Å²) >= 11 is 0.